The first-order valence-corrected chi connectivity index (χ1v) is 6.47. The lowest BCUT2D eigenvalue weighted by Gasteiger charge is -2.16. The molecule has 0 spiro atoms. The van der Waals surface area contributed by atoms with Crippen LogP contribution in [0.1, 0.15) is 17.2 Å². The molecule has 1 atom stereocenters. The molecule has 0 heterocycles. The minimum absolute atomic E-state index is 0.00217. The fraction of sp³-hybridized carbons (Fsp3) is 0.143. The van der Waals surface area contributed by atoms with Gasteiger partial charge in [0.2, 0.25) is 0 Å². The molecule has 0 fully saturated rings. The smallest absolute Gasteiger partial charge is 0.142 e. The van der Waals surface area contributed by atoms with Crippen LogP contribution in [-0.2, 0) is 0 Å². The van der Waals surface area contributed by atoms with E-state index in [1.54, 1.807) is 6.07 Å². The molecule has 0 aliphatic heterocycles. The van der Waals surface area contributed by atoms with Crippen LogP contribution >= 0.6 is 15.9 Å². The zero-order chi connectivity index (χ0) is 14.9. The summed E-state index contributed by atoms with van der Waals surface area (Å²) in [6, 6.07) is 5.17. The third-order valence-electron chi connectivity index (χ3n) is 2.92. The second kappa shape index (κ2) is 5.85. The van der Waals surface area contributed by atoms with Crippen LogP contribution in [0.3, 0.4) is 0 Å². The summed E-state index contributed by atoms with van der Waals surface area (Å²) in [6.07, 6.45) is 0. The summed E-state index contributed by atoms with van der Waals surface area (Å²) in [5.74, 6) is -2.37. The van der Waals surface area contributed by atoms with E-state index in [2.05, 4.69) is 15.9 Å². The summed E-state index contributed by atoms with van der Waals surface area (Å²) >= 11 is 3.01. The van der Waals surface area contributed by atoms with Gasteiger partial charge in [0, 0.05) is 23.3 Å². The molecule has 0 aromatic heterocycles. The van der Waals surface area contributed by atoms with Gasteiger partial charge >= 0.3 is 0 Å². The lowest BCUT2D eigenvalue weighted by Crippen LogP contribution is -2.17. The predicted octanol–water partition coefficient (Wildman–Crippen LogP) is 3.92. The van der Waals surface area contributed by atoms with E-state index < -0.39 is 29.1 Å². The van der Waals surface area contributed by atoms with E-state index in [9.17, 15) is 13.2 Å². The Morgan fingerprint density at radius 2 is 1.75 bits per heavy atom. The Labute approximate surface area is 122 Å². The normalized spacial score (nSPS) is 12.3. The summed E-state index contributed by atoms with van der Waals surface area (Å²) in [6.45, 7) is 0. The molecule has 0 aliphatic rings. The molecule has 1 unspecified atom stereocenters. The number of rotatable bonds is 3. The Kier molecular flexibility index (Phi) is 4.35. The van der Waals surface area contributed by atoms with Gasteiger partial charge in [0.05, 0.1) is 17.6 Å². The van der Waals surface area contributed by atoms with Gasteiger partial charge in [-0.15, -0.1) is 0 Å². The summed E-state index contributed by atoms with van der Waals surface area (Å²) in [5, 5.41) is 0. The zero-order valence-corrected chi connectivity index (χ0v) is 12.0. The van der Waals surface area contributed by atoms with Crippen molar-refractivity contribution in [2.75, 3.05) is 7.11 Å². The molecule has 0 bridgehead atoms. The highest BCUT2D eigenvalue weighted by atomic mass is 79.9. The minimum Gasteiger partial charge on any atom is -0.497 e. The Morgan fingerprint density at radius 3 is 2.30 bits per heavy atom. The Morgan fingerprint density at radius 1 is 1.15 bits per heavy atom. The quantitative estimate of drug-likeness (QED) is 0.914. The predicted molar refractivity (Wildman–Crippen MR) is 73.0 cm³/mol. The highest BCUT2D eigenvalue weighted by Crippen LogP contribution is 2.31. The van der Waals surface area contributed by atoms with E-state index in [1.165, 1.54) is 19.2 Å². The molecule has 0 radical (unpaired) electrons. The van der Waals surface area contributed by atoms with Gasteiger partial charge in [-0.1, -0.05) is 12.1 Å². The maximum absolute atomic E-state index is 14.0. The van der Waals surface area contributed by atoms with E-state index in [0.29, 0.717) is 0 Å². The van der Waals surface area contributed by atoms with Crippen LogP contribution in [0, 0.1) is 17.5 Å². The molecular weight excluding hydrogens is 335 g/mol. The van der Waals surface area contributed by atoms with Crippen molar-refractivity contribution in [1.82, 2.24) is 0 Å². The highest BCUT2D eigenvalue weighted by Gasteiger charge is 2.23. The number of halogens is 4. The molecule has 0 amide bonds. The average Bonchev–Trinajstić information content (AvgIpc) is 2.40. The number of nitrogens with two attached hydrogens (primary N) is 1. The standard InChI is InChI=1S/C14H11BrF3NO/c1-20-7-5-10(16)12(11(17)6-7)14(19)8-3-2-4-9(15)13(8)18/h2-6,14H,19H2,1H3. The van der Waals surface area contributed by atoms with Crippen molar-refractivity contribution in [1.29, 1.82) is 0 Å². The van der Waals surface area contributed by atoms with Gasteiger partial charge in [-0.05, 0) is 22.0 Å². The van der Waals surface area contributed by atoms with Crippen LogP contribution < -0.4 is 10.5 Å². The van der Waals surface area contributed by atoms with Crippen molar-refractivity contribution >= 4 is 15.9 Å². The van der Waals surface area contributed by atoms with Crippen LogP contribution in [0.2, 0.25) is 0 Å². The Hall–Kier alpha value is -1.53. The molecule has 2 N–H and O–H groups in total. The largest absolute Gasteiger partial charge is 0.497 e. The lowest BCUT2D eigenvalue weighted by atomic mass is 9.98. The maximum Gasteiger partial charge on any atom is 0.142 e. The minimum atomic E-state index is -1.25. The molecule has 106 valence electrons. The van der Waals surface area contributed by atoms with Crippen molar-refractivity contribution < 1.29 is 17.9 Å². The number of methoxy groups -OCH3 is 1. The van der Waals surface area contributed by atoms with Gasteiger partial charge in [-0.3, -0.25) is 0 Å². The van der Waals surface area contributed by atoms with Crippen LogP contribution in [0.15, 0.2) is 34.8 Å². The van der Waals surface area contributed by atoms with Gasteiger partial charge in [0.1, 0.15) is 23.2 Å². The average molecular weight is 346 g/mol. The SMILES string of the molecule is COc1cc(F)c(C(N)c2cccc(Br)c2F)c(F)c1. The third-order valence-corrected chi connectivity index (χ3v) is 3.53. The van der Waals surface area contributed by atoms with Crippen molar-refractivity contribution in [3.63, 3.8) is 0 Å². The van der Waals surface area contributed by atoms with E-state index in [0.717, 1.165) is 12.1 Å². The van der Waals surface area contributed by atoms with Crippen molar-refractivity contribution in [2.24, 2.45) is 5.73 Å². The van der Waals surface area contributed by atoms with Crippen LogP contribution in [0.5, 0.6) is 5.75 Å². The molecule has 2 rings (SSSR count). The zero-order valence-electron chi connectivity index (χ0n) is 10.5. The molecule has 0 saturated heterocycles. The molecule has 2 aromatic rings. The first-order chi connectivity index (χ1) is 9.45. The monoisotopic (exact) mass is 345 g/mol. The Balaban J connectivity index is 2.54. The lowest BCUT2D eigenvalue weighted by molar-refractivity contribution is 0.404. The summed E-state index contributed by atoms with van der Waals surface area (Å²) < 4.78 is 46.8. The van der Waals surface area contributed by atoms with E-state index in [1.807, 2.05) is 0 Å². The molecule has 0 aliphatic carbocycles. The molecule has 6 heteroatoms. The van der Waals surface area contributed by atoms with Crippen LogP contribution in [0.4, 0.5) is 13.2 Å². The van der Waals surface area contributed by atoms with Crippen LogP contribution in [-0.4, -0.2) is 7.11 Å². The van der Waals surface area contributed by atoms with Crippen molar-refractivity contribution in [3.05, 3.63) is 63.4 Å². The molecule has 2 aromatic carbocycles. The van der Waals surface area contributed by atoms with Gasteiger partial charge in [-0.25, -0.2) is 13.2 Å². The maximum atomic E-state index is 14.0. The topological polar surface area (TPSA) is 35.2 Å². The molecule has 2 nitrogen and oxygen atoms in total. The van der Waals surface area contributed by atoms with Gasteiger partial charge < -0.3 is 10.5 Å². The van der Waals surface area contributed by atoms with Gasteiger partial charge in [-0.2, -0.15) is 0 Å². The number of ether oxygens (including phenoxy) is 1. The summed E-state index contributed by atoms with van der Waals surface area (Å²) in [7, 11) is 1.29. The van der Waals surface area contributed by atoms with E-state index in [4.69, 9.17) is 10.5 Å². The van der Waals surface area contributed by atoms with E-state index in [-0.39, 0.29) is 15.8 Å². The van der Waals surface area contributed by atoms with E-state index >= 15 is 0 Å². The second-order valence-electron chi connectivity index (χ2n) is 4.13. The first kappa shape index (κ1) is 14.9. The number of benzene rings is 2. The molecule has 0 saturated carbocycles. The van der Waals surface area contributed by atoms with Gasteiger partial charge in [0.25, 0.3) is 0 Å². The Bertz CT molecular complexity index is 625. The molecule has 20 heavy (non-hydrogen) atoms. The van der Waals surface area contributed by atoms with Crippen LogP contribution in [0.25, 0.3) is 0 Å². The fourth-order valence-corrected chi connectivity index (χ4v) is 2.27. The molecular formula is C14H11BrF3NO. The number of hydrogen-bond acceptors (Lipinski definition) is 2. The first-order valence-electron chi connectivity index (χ1n) is 5.68. The highest BCUT2D eigenvalue weighted by molar-refractivity contribution is 9.10. The fourth-order valence-electron chi connectivity index (χ4n) is 1.89. The van der Waals surface area contributed by atoms with Crippen molar-refractivity contribution in [2.45, 2.75) is 6.04 Å². The summed E-state index contributed by atoms with van der Waals surface area (Å²) in [4.78, 5) is 0. The summed E-state index contributed by atoms with van der Waals surface area (Å²) in [5.41, 5.74) is 5.40. The second-order valence-corrected chi connectivity index (χ2v) is 4.98. The van der Waals surface area contributed by atoms with Gasteiger partial charge in [0.15, 0.2) is 0 Å². The third kappa shape index (κ3) is 2.66. The van der Waals surface area contributed by atoms with Crippen molar-refractivity contribution in [3.8, 4) is 5.75 Å². The number of hydrogen-bond donors (Lipinski definition) is 1.